The van der Waals surface area contributed by atoms with Gasteiger partial charge in [0.25, 0.3) is 5.91 Å². The lowest BCUT2D eigenvalue weighted by Crippen LogP contribution is -2.35. The fourth-order valence-electron chi connectivity index (χ4n) is 5.28. The Labute approximate surface area is 234 Å². The Hall–Kier alpha value is -5.17. The summed E-state index contributed by atoms with van der Waals surface area (Å²) in [5.41, 5.74) is 6.49. The average molecular weight is 556 g/mol. The van der Waals surface area contributed by atoms with E-state index in [-0.39, 0.29) is 25.5 Å². The Kier molecular flexibility index (Phi) is 6.12. The molecule has 1 aromatic heterocycles. The minimum Gasteiger partial charge on any atom is -0.492 e. The molecule has 208 valence electrons. The van der Waals surface area contributed by atoms with Crippen molar-refractivity contribution in [3.63, 3.8) is 0 Å². The standard InChI is InChI=1S/C28H25N7O6/c1-34-10-9-18-12-22-25(41-15-40-22)26(37-2)23(18)24(34)27-30-32-33-35(27)19-6-4-17(5-7-19)28(36)31-29-13-16-3-8-20-21(11-16)39-14-38-20/h3-8,11-13,24H,9-10,14-15H2,1-2H3,(H,31,36)/t24-/m1/s1. The quantitative estimate of drug-likeness (QED) is 0.279. The van der Waals surface area contributed by atoms with E-state index < -0.39 is 0 Å². The summed E-state index contributed by atoms with van der Waals surface area (Å²) in [6, 6.07) is 14.1. The maximum absolute atomic E-state index is 12.7. The molecule has 1 amide bonds. The van der Waals surface area contributed by atoms with Crippen molar-refractivity contribution in [1.29, 1.82) is 0 Å². The van der Waals surface area contributed by atoms with E-state index in [2.05, 4.69) is 31.0 Å². The number of carbonyl (C=O) groups is 1. The molecule has 41 heavy (non-hydrogen) atoms. The fourth-order valence-corrected chi connectivity index (χ4v) is 5.28. The molecule has 4 heterocycles. The third-order valence-electron chi connectivity index (χ3n) is 7.28. The van der Waals surface area contributed by atoms with Crippen LogP contribution in [0.1, 0.15) is 38.9 Å². The minimum atomic E-state index is -0.354. The van der Waals surface area contributed by atoms with E-state index in [0.29, 0.717) is 45.8 Å². The van der Waals surface area contributed by atoms with Crippen molar-refractivity contribution in [3.8, 4) is 34.4 Å². The van der Waals surface area contributed by atoms with E-state index in [1.54, 1.807) is 54.4 Å². The van der Waals surface area contributed by atoms with Crippen molar-refractivity contribution in [3.05, 3.63) is 76.6 Å². The molecule has 0 radical (unpaired) electrons. The predicted molar refractivity (Wildman–Crippen MR) is 144 cm³/mol. The summed E-state index contributed by atoms with van der Waals surface area (Å²) in [5, 5.41) is 16.7. The van der Waals surface area contributed by atoms with Crippen LogP contribution in [0.5, 0.6) is 28.7 Å². The van der Waals surface area contributed by atoms with Gasteiger partial charge in [-0.25, -0.2) is 5.43 Å². The fraction of sp³-hybridized carbons (Fsp3) is 0.250. The summed E-state index contributed by atoms with van der Waals surface area (Å²) in [7, 11) is 3.64. The maximum Gasteiger partial charge on any atom is 0.271 e. The van der Waals surface area contributed by atoms with E-state index in [1.807, 2.05) is 19.2 Å². The van der Waals surface area contributed by atoms with Crippen molar-refractivity contribution in [2.75, 3.05) is 34.3 Å². The molecular weight excluding hydrogens is 530 g/mol. The number of methoxy groups -OCH3 is 1. The molecule has 3 aliphatic heterocycles. The zero-order valence-electron chi connectivity index (χ0n) is 22.2. The molecule has 0 unspecified atom stereocenters. The van der Waals surface area contributed by atoms with Gasteiger partial charge in [-0.05, 0) is 83.6 Å². The number of likely N-dealkylation sites (N-methyl/N-ethyl adjacent to an activating group) is 1. The van der Waals surface area contributed by atoms with Crippen LogP contribution in [0.4, 0.5) is 0 Å². The molecule has 0 saturated carbocycles. The van der Waals surface area contributed by atoms with Crippen LogP contribution in [-0.4, -0.2) is 71.5 Å². The van der Waals surface area contributed by atoms with E-state index in [1.165, 1.54) is 0 Å². The van der Waals surface area contributed by atoms with E-state index in [4.69, 9.17) is 23.7 Å². The molecule has 0 bridgehead atoms. The van der Waals surface area contributed by atoms with Crippen molar-refractivity contribution in [2.24, 2.45) is 5.10 Å². The maximum atomic E-state index is 12.7. The van der Waals surface area contributed by atoms with Gasteiger partial charge in [-0.3, -0.25) is 9.69 Å². The van der Waals surface area contributed by atoms with Crippen molar-refractivity contribution in [2.45, 2.75) is 12.5 Å². The normalized spacial score (nSPS) is 17.1. The van der Waals surface area contributed by atoms with Crippen LogP contribution < -0.4 is 29.1 Å². The number of aromatic nitrogens is 4. The van der Waals surface area contributed by atoms with Gasteiger partial charge in [0.05, 0.1) is 19.0 Å². The largest absolute Gasteiger partial charge is 0.492 e. The molecule has 7 rings (SSSR count). The first-order valence-electron chi connectivity index (χ1n) is 12.9. The Morgan fingerprint density at radius 2 is 1.85 bits per heavy atom. The van der Waals surface area contributed by atoms with Gasteiger partial charge in [-0.1, -0.05) is 0 Å². The molecular formula is C28H25N7O6. The lowest BCUT2D eigenvalue weighted by molar-refractivity contribution is 0.0955. The number of ether oxygens (including phenoxy) is 5. The number of nitrogens with one attached hydrogen (secondary N) is 1. The molecule has 1 N–H and O–H groups in total. The molecule has 0 spiro atoms. The highest BCUT2D eigenvalue weighted by atomic mass is 16.7. The van der Waals surface area contributed by atoms with Gasteiger partial charge in [0.15, 0.2) is 28.8 Å². The number of hydrogen-bond donors (Lipinski definition) is 1. The van der Waals surface area contributed by atoms with Gasteiger partial charge in [0, 0.05) is 17.7 Å². The van der Waals surface area contributed by atoms with Crippen LogP contribution in [0.2, 0.25) is 0 Å². The Morgan fingerprint density at radius 3 is 2.71 bits per heavy atom. The Balaban J connectivity index is 1.12. The van der Waals surface area contributed by atoms with E-state index >= 15 is 0 Å². The first kappa shape index (κ1) is 24.8. The van der Waals surface area contributed by atoms with Crippen LogP contribution >= 0.6 is 0 Å². The summed E-state index contributed by atoms with van der Waals surface area (Å²) < 4.78 is 29.5. The second-order valence-electron chi connectivity index (χ2n) is 9.66. The van der Waals surface area contributed by atoms with Crippen LogP contribution in [0.15, 0.2) is 53.6 Å². The number of nitrogens with zero attached hydrogens (tertiary/aromatic N) is 6. The van der Waals surface area contributed by atoms with Gasteiger partial charge in [-0.2, -0.15) is 9.78 Å². The number of tetrazole rings is 1. The van der Waals surface area contributed by atoms with Gasteiger partial charge >= 0.3 is 0 Å². The number of carbonyl (C=O) groups excluding carboxylic acids is 1. The molecule has 0 aliphatic carbocycles. The summed E-state index contributed by atoms with van der Waals surface area (Å²) in [5.74, 6) is 3.46. The predicted octanol–water partition coefficient (Wildman–Crippen LogP) is 2.47. The summed E-state index contributed by atoms with van der Waals surface area (Å²) in [6.45, 7) is 1.13. The average Bonchev–Trinajstić information content (AvgIpc) is 3.77. The second kappa shape index (κ2) is 10.1. The summed E-state index contributed by atoms with van der Waals surface area (Å²) >= 11 is 0. The lowest BCUT2D eigenvalue weighted by Gasteiger charge is -2.34. The zero-order valence-corrected chi connectivity index (χ0v) is 22.2. The van der Waals surface area contributed by atoms with Crippen LogP contribution in [0.25, 0.3) is 5.69 Å². The number of hydrazone groups is 1. The van der Waals surface area contributed by atoms with Crippen LogP contribution in [0.3, 0.4) is 0 Å². The van der Waals surface area contributed by atoms with Gasteiger partial charge in [-0.15, -0.1) is 5.10 Å². The monoisotopic (exact) mass is 555 g/mol. The van der Waals surface area contributed by atoms with Crippen molar-refractivity contribution < 1.29 is 28.5 Å². The highest BCUT2D eigenvalue weighted by Gasteiger charge is 2.37. The number of benzene rings is 3. The molecule has 0 fully saturated rings. The van der Waals surface area contributed by atoms with Crippen molar-refractivity contribution in [1.82, 2.24) is 30.5 Å². The highest BCUT2D eigenvalue weighted by Crippen LogP contribution is 2.50. The zero-order chi connectivity index (χ0) is 27.9. The van der Waals surface area contributed by atoms with Crippen molar-refractivity contribution >= 4 is 12.1 Å². The molecule has 3 aromatic carbocycles. The van der Waals surface area contributed by atoms with Gasteiger partial charge in [0.2, 0.25) is 19.3 Å². The minimum absolute atomic E-state index is 0.149. The topological polar surface area (TPSA) is 134 Å². The smallest absolute Gasteiger partial charge is 0.271 e. The lowest BCUT2D eigenvalue weighted by atomic mass is 9.90. The first-order chi connectivity index (χ1) is 20.1. The number of hydrogen-bond acceptors (Lipinski definition) is 11. The number of rotatable bonds is 6. The Morgan fingerprint density at radius 1 is 1.05 bits per heavy atom. The number of fused-ring (bicyclic) bond motifs is 3. The molecule has 1 atom stereocenters. The third kappa shape index (κ3) is 4.36. The third-order valence-corrected chi connectivity index (χ3v) is 7.28. The van der Waals surface area contributed by atoms with Gasteiger partial charge < -0.3 is 23.7 Å². The molecule has 4 aromatic rings. The summed E-state index contributed by atoms with van der Waals surface area (Å²) in [4.78, 5) is 14.9. The van der Waals surface area contributed by atoms with Crippen LogP contribution in [-0.2, 0) is 6.42 Å². The van der Waals surface area contributed by atoms with E-state index in [0.717, 1.165) is 29.7 Å². The summed E-state index contributed by atoms with van der Waals surface area (Å²) in [6.07, 6.45) is 2.36. The Bertz CT molecular complexity index is 1670. The second-order valence-corrected chi connectivity index (χ2v) is 9.66. The highest BCUT2D eigenvalue weighted by molar-refractivity contribution is 5.95. The van der Waals surface area contributed by atoms with Crippen LogP contribution in [0, 0.1) is 0 Å². The number of amides is 1. The van der Waals surface area contributed by atoms with E-state index in [9.17, 15) is 4.79 Å². The SMILES string of the molecule is COc1c2c(cc3c1[C@H](c1nnnn1-c1ccc(C(=O)NN=Cc4ccc5c(c4)OCO5)cc1)N(C)CC3)OCO2. The molecule has 3 aliphatic rings. The first-order valence-corrected chi connectivity index (χ1v) is 12.9. The van der Waals surface area contributed by atoms with Gasteiger partial charge in [0.1, 0.15) is 6.04 Å². The molecule has 13 nitrogen and oxygen atoms in total. The molecule has 0 saturated heterocycles. The molecule has 13 heteroatoms.